The Morgan fingerprint density at radius 3 is 2.00 bits per heavy atom. The fourth-order valence-electron chi connectivity index (χ4n) is 0.928. The van der Waals surface area contributed by atoms with Gasteiger partial charge in [0, 0.05) is 12.6 Å². The first-order chi connectivity index (χ1) is 7.47. The predicted molar refractivity (Wildman–Crippen MR) is 70.9 cm³/mol. The first-order valence-electron chi connectivity index (χ1n) is 6.23. The third-order valence-corrected chi connectivity index (χ3v) is 3.50. The van der Waals surface area contributed by atoms with Crippen molar-refractivity contribution < 1.29 is 9.90 Å². The van der Waals surface area contributed by atoms with E-state index in [1.54, 1.807) is 6.92 Å². The summed E-state index contributed by atoms with van der Waals surface area (Å²) in [4.78, 5) is 11.6. The summed E-state index contributed by atoms with van der Waals surface area (Å²) in [6.07, 6.45) is 0. The Morgan fingerprint density at radius 1 is 1.18 bits per heavy atom. The van der Waals surface area contributed by atoms with Gasteiger partial charge in [0.05, 0.1) is 5.60 Å². The van der Waals surface area contributed by atoms with Gasteiger partial charge in [-0.2, -0.15) is 0 Å². The fraction of sp³-hybridized carbons (Fsp3) is 0.923. The van der Waals surface area contributed by atoms with Crippen molar-refractivity contribution in [1.82, 2.24) is 10.6 Å². The Kier molecular flexibility index (Phi) is 5.46. The van der Waals surface area contributed by atoms with Crippen molar-refractivity contribution in [2.45, 2.75) is 60.1 Å². The molecule has 3 N–H and O–H groups in total. The molecule has 2 unspecified atom stereocenters. The maximum atomic E-state index is 11.6. The van der Waals surface area contributed by atoms with Crippen LogP contribution in [0.4, 0.5) is 4.79 Å². The van der Waals surface area contributed by atoms with Crippen molar-refractivity contribution in [3.63, 3.8) is 0 Å². The number of aliphatic hydroxyl groups is 1. The van der Waals surface area contributed by atoms with Crippen LogP contribution >= 0.6 is 0 Å². The van der Waals surface area contributed by atoms with E-state index in [0.717, 1.165) is 0 Å². The van der Waals surface area contributed by atoms with E-state index in [1.165, 1.54) is 0 Å². The zero-order valence-electron chi connectivity index (χ0n) is 12.2. The van der Waals surface area contributed by atoms with Gasteiger partial charge in [0.2, 0.25) is 0 Å². The molecule has 102 valence electrons. The summed E-state index contributed by atoms with van der Waals surface area (Å²) in [5.74, 6) is 0.0999. The van der Waals surface area contributed by atoms with Crippen LogP contribution < -0.4 is 10.6 Å². The Morgan fingerprint density at radius 2 is 1.65 bits per heavy atom. The van der Waals surface area contributed by atoms with Gasteiger partial charge in [-0.15, -0.1) is 0 Å². The molecule has 4 heteroatoms. The van der Waals surface area contributed by atoms with Gasteiger partial charge in [0.25, 0.3) is 0 Å². The van der Waals surface area contributed by atoms with E-state index in [4.69, 9.17) is 0 Å². The Bertz CT molecular complexity index is 255. The minimum atomic E-state index is -0.873. The number of hydrogen-bond donors (Lipinski definition) is 3. The monoisotopic (exact) mass is 244 g/mol. The number of hydrogen-bond acceptors (Lipinski definition) is 2. The number of amides is 2. The van der Waals surface area contributed by atoms with Gasteiger partial charge < -0.3 is 15.7 Å². The second-order valence-electron chi connectivity index (χ2n) is 6.43. The summed E-state index contributed by atoms with van der Waals surface area (Å²) in [5.41, 5.74) is -0.847. The molecule has 0 aliphatic heterocycles. The van der Waals surface area contributed by atoms with Crippen molar-refractivity contribution in [3.05, 3.63) is 0 Å². The minimum Gasteiger partial charge on any atom is -0.388 e. The van der Waals surface area contributed by atoms with Crippen molar-refractivity contribution in [2.24, 2.45) is 11.3 Å². The van der Waals surface area contributed by atoms with Gasteiger partial charge in [0.15, 0.2) is 0 Å². The lowest BCUT2D eigenvalue weighted by atomic mass is 9.88. The van der Waals surface area contributed by atoms with Crippen LogP contribution in [0.25, 0.3) is 0 Å². The molecule has 0 aromatic rings. The largest absolute Gasteiger partial charge is 0.388 e. The van der Waals surface area contributed by atoms with Crippen LogP contribution in [0.5, 0.6) is 0 Å². The quantitative estimate of drug-likeness (QED) is 0.709. The van der Waals surface area contributed by atoms with Crippen molar-refractivity contribution in [2.75, 3.05) is 6.54 Å². The highest BCUT2D eigenvalue weighted by molar-refractivity contribution is 5.74. The second kappa shape index (κ2) is 5.71. The maximum Gasteiger partial charge on any atom is 0.315 e. The number of carbonyl (C=O) groups excluding carboxylic acids is 1. The summed E-state index contributed by atoms with van der Waals surface area (Å²) < 4.78 is 0. The van der Waals surface area contributed by atoms with Crippen LogP contribution in [-0.4, -0.2) is 29.3 Å². The highest BCUT2D eigenvalue weighted by Crippen LogP contribution is 2.18. The SMILES string of the molecule is CC(NC(=O)NCC(C)(O)C(C)C)C(C)(C)C. The molecular formula is C13H28N2O2. The summed E-state index contributed by atoms with van der Waals surface area (Å²) in [7, 11) is 0. The zero-order chi connectivity index (χ0) is 13.9. The van der Waals surface area contributed by atoms with Crippen molar-refractivity contribution >= 4 is 6.03 Å². The van der Waals surface area contributed by atoms with E-state index in [1.807, 2.05) is 20.8 Å². The van der Waals surface area contributed by atoms with Gasteiger partial charge in [0.1, 0.15) is 0 Å². The molecule has 0 spiro atoms. The zero-order valence-corrected chi connectivity index (χ0v) is 12.2. The average molecular weight is 244 g/mol. The Hall–Kier alpha value is -0.770. The normalized spacial score (nSPS) is 17.5. The van der Waals surface area contributed by atoms with Gasteiger partial charge in [-0.1, -0.05) is 34.6 Å². The lowest BCUT2D eigenvalue weighted by Crippen LogP contribution is -2.51. The molecule has 0 aromatic heterocycles. The van der Waals surface area contributed by atoms with Crippen LogP contribution in [0.3, 0.4) is 0 Å². The molecular weight excluding hydrogens is 216 g/mol. The highest BCUT2D eigenvalue weighted by Gasteiger charge is 2.26. The molecule has 0 saturated heterocycles. The van der Waals surface area contributed by atoms with Crippen molar-refractivity contribution in [1.29, 1.82) is 0 Å². The van der Waals surface area contributed by atoms with E-state index in [2.05, 4.69) is 31.4 Å². The Balaban J connectivity index is 4.14. The molecule has 0 radical (unpaired) electrons. The lowest BCUT2D eigenvalue weighted by Gasteiger charge is -2.30. The van der Waals surface area contributed by atoms with E-state index in [9.17, 15) is 9.90 Å². The first-order valence-corrected chi connectivity index (χ1v) is 6.23. The minimum absolute atomic E-state index is 0.0257. The molecule has 2 atom stereocenters. The summed E-state index contributed by atoms with van der Waals surface area (Å²) in [6.45, 7) is 14.0. The maximum absolute atomic E-state index is 11.6. The number of carbonyl (C=O) groups is 1. The molecule has 0 saturated carbocycles. The molecule has 0 fully saturated rings. The topological polar surface area (TPSA) is 61.4 Å². The molecule has 0 heterocycles. The van der Waals surface area contributed by atoms with Gasteiger partial charge in [-0.05, 0) is 25.2 Å². The molecule has 0 aliphatic rings. The molecule has 0 aromatic carbocycles. The molecule has 0 rings (SSSR count). The predicted octanol–water partition coefficient (Wildman–Crippen LogP) is 2.13. The molecule has 17 heavy (non-hydrogen) atoms. The standard InChI is InChI=1S/C13H28N2O2/c1-9(2)13(7,17)8-14-11(16)15-10(3)12(4,5)6/h9-10,17H,8H2,1-7H3,(H2,14,15,16). The molecule has 2 amide bonds. The average Bonchev–Trinajstić information content (AvgIpc) is 2.13. The van der Waals surface area contributed by atoms with E-state index in [0.29, 0.717) is 0 Å². The first kappa shape index (κ1) is 16.2. The third kappa shape index (κ3) is 5.91. The fourth-order valence-corrected chi connectivity index (χ4v) is 0.928. The molecule has 0 aliphatic carbocycles. The number of rotatable bonds is 4. The number of urea groups is 1. The van der Waals surface area contributed by atoms with Crippen molar-refractivity contribution in [3.8, 4) is 0 Å². The summed E-state index contributed by atoms with van der Waals surface area (Å²) in [5, 5.41) is 15.6. The number of nitrogens with one attached hydrogen (secondary N) is 2. The van der Waals surface area contributed by atoms with E-state index in [-0.39, 0.29) is 30.0 Å². The van der Waals surface area contributed by atoms with Gasteiger partial charge >= 0.3 is 6.03 Å². The molecule has 4 nitrogen and oxygen atoms in total. The van der Waals surface area contributed by atoms with Crippen LogP contribution in [0, 0.1) is 11.3 Å². The van der Waals surface area contributed by atoms with Gasteiger partial charge in [-0.25, -0.2) is 4.79 Å². The summed E-state index contributed by atoms with van der Waals surface area (Å²) >= 11 is 0. The van der Waals surface area contributed by atoms with Gasteiger partial charge in [-0.3, -0.25) is 0 Å². The van der Waals surface area contributed by atoms with Crippen LogP contribution in [-0.2, 0) is 0 Å². The smallest absolute Gasteiger partial charge is 0.315 e. The lowest BCUT2D eigenvalue weighted by molar-refractivity contribution is 0.0164. The van der Waals surface area contributed by atoms with E-state index < -0.39 is 5.60 Å². The van der Waals surface area contributed by atoms with Crippen LogP contribution in [0.2, 0.25) is 0 Å². The second-order valence-corrected chi connectivity index (χ2v) is 6.43. The highest BCUT2D eigenvalue weighted by atomic mass is 16.3. The Labute approximate surface area is 105 Å². The molecule has 0 bridgehead atoms. The third-order valence-electron chi connectivity index (χ3n) is 3.50. The van der Waals surface area contributed by atoms with Crippen LogP contribution in [0.15, 0.2) is 0 Å². The summed E-state index contributed by atoms with van der Waals surface area (Å²) in [6, 6.07) is -0.153. The van der Waals surface area contributed by atoms with Crippen LogP contribution in [0.1, 0.15) is 48.5 Å². The van der Waals surface area contributed by atoms with E-state index >= 15 is 0 Å².